The maximum Gasteiger partial charge on any atom is 0.223 e. The molecule has 1 aromatic heterocycles. The van der Waals surface area contributed by atoms with E-state index in [1.807, 2.05) is 29.2 Å². The van der Waals surface area contributed by atoms with E-state index < -0.39 is 0 Å². The molecule has 4 nitrogen and oxygen atoms in total. The van der Waals surface area contributed by atoms with Crippen molar-refractivity contribution in [1.82, 2.24) is 9.88 Å². The van der Waals surface area contributed by atoms with E-state index in [0.29, 0.717) is 36.1 Å². The molecule has 1 aliphatic rings. The number of rotatable bonds is 7. The number of aromatic nitrogens is 1. The van der Waals surface area contributed by atoms with Crippen LogP contribution in [0.3, 0.4) is 0 Å². The van der Waals surface area contributed by atoms with Crippen LogP contribution in [-0.2, 0) is 17.8 Å². The number of nitrogens with zero attached hydrogens (tertiary/aromatic N) is 2. The normalized spacial score (nSPS) is 13.5. The molecule has 0 N–H and O–H groups in total. The first kappa shape index (κ1) is 18.7. The molecule has 2 aromatic carbocycles. The summed E-state index contributed by atoms with van der Waals surface area (Å²) in [5, 5.41) is 0.594. The highest BCUT2D eigenvalue weighted by Gasteiger charge is 2.32. The molecule has 1 amide bonds. The summed E-state index contributed by atoms with van der Waals surface area (Å²) in [5.74, 6) is 0.841. The first-order valence-electron chi connectivity index (χ1n) is 9.33. The second-order valence-electron chi connectivity index (χ2n) is 6.98. The van der Waals surface area contributed by atoms with Crippen LogP contribution in [0.4, 0.5) is 4.39 Å². The molecule has 0 radical (unpaired) electrons. The lowest BCUT2D eigenvalue weighted by atomic mass is 10.2. The maximum absolute atomic E-state index is 13.4. The lowest BCUT2D eigenvalue weighted by molar-refractivity contribution is -0.132. The Morgan fingerprint density at radius 3 is 2.79 bits per heavy atom. The molecule has 0 atom stereocenters. The van der Waals surface area contributed by atoms with E-state index in [9.17, 15) is 9.18 Å². The molecule has 0 spiro atoms. The van der Waals surface area contributed by atoms with Crippen molar-refractivity contribution in [2.45, 2.75) is 38.3 Å². The van der Waals surface area contributed by atoms with Crippen molar-refractivity contribution < 1.29 is 13.6 Å². The van der Waals surface area contributed by atoms with Crippen LogP contribution in [0.5, 0.6) is 0 Å². The molecule has 0 aliphatic heterocycles. The van der Waals surface area contributed by atoms with Crippen LogP contribution in [0.15, 0.2) is 59.1 Å². The molecule has 0 saturated heterocycles. The second-order valence-corrected chi connectivity index (χ2v) is 7.39. The van der Waals surface area contributed by atoms with Crippen molar-refractivity contribution in [3.05, 3.63) is 77.0 Å². The molecule has 144 valence electrons. The molecule has 1 fully saturated rings. The molecule has 6 heteroatoms. The fourth-order valence-electron chi connectivity index (χ4n) is 3.21. The quantitative estimate of drug-likeness (QED) is 0.545. The predicted octanol–water partition coefficient (Wildman–Crippen LogP) is 5.26. The number of carbonyl (C=O) groups is 1. The van der Waals surface area contributed by atoms with E-state index in [1.165, 1.54) is 12.1 Å². The highest BCUT2D eigenvalue weighted by Crippen LogP contribution is 2.30. The number of aryl methyl sites for hydroxylation is 1. The zero-order chi connectivity index (χ0) is 19.5. The Bertz CT molecular complexity index is 984. The fourth-order valence-corrected chi connectivity index (χ4v) is 3.44. The number of hydrogen-bond acceptors (Lipinski definition) is 3. The first-order chi connectivity index (χ1) is 13.6. The van der Waals surface area contributed by atoms with Gasteiger partial charge in [0.1, 0.15) is 5.82 Å². The lowest BCUT2D eigenvalue weighted by Crippen LogP contribution is -2.32. The summed E-state index contributed by atoms with van der Waals surface area (Å²) in [5.41, 5.74) is 1.58. The molecule has 4 rings (SSSR count). The zero-order valence-electron chi connectivity index (χ0n) is 15.3. The van der Waals surface area contributed by atoms with E-state index in [4.69, 9.17) is 16.0 Å². The molecule has 1 aliphatic carbocycles. The summed E-state index contributed by atoms with van der Waals surface area (Å²) >= 11 is 6.19. The number of hydrogen-bond donors (Lipinski definition) is 0. The highest BCUT2D eigenvalue weighted by molar-refractivity contribution is 6.33. The van der Waals surface area contributed by atoms with Crippen molar-refractivity contribution in [3.63, 3.8) is 0 Å². The smallest absolute Gasteiger partial charge is 0.223 e. The Morgan fingerprint density at radius 1 is 1.21 bits per heavy atom. The number of amides is 1. The molecule has 0 bridgehead atoms. The summed E-state index contributed by atoms with van der Waals surface area (Å²) in [6.07, 6.45) is 4.34. The summed E-state index contributed by atoms with van der Waals surface area (Å²) in [6, 6.07) is 14.0. The van der Waals surface area contributed by atoms with Crippen LogP contribution in [-0.4, -0.2) is 21.8 Å². The molecule has 0 unspecified atom stereocenters. The summed E-state index contributed by atoms with van der Waals surface area (Å²) < 4.78 is 19.2. The molecule has 3 aromatic rings. The third-order valence-corrected chi connectivity index (χ3v) is 5.13. The van der Waals surface area contributed by atoms with Crippen molar-refractivity contribution in [1.29, 1.82) is 0 Å². The fraction of sp³-hybridized carbons (Fsp3) is 0.273. The Labute approximate surface area is 167 Å². The number of halogens is 2. The Hall–Kier alpha value is -2.66. The van der Waals surface area contributed by atoms with Gasteiger partial charge in [-0.2, -0.15) is 0 Å². The summed E-state index contributed by atoms with van der Waals surface area (Å²) in [7, 11) is 0. The van der Waals surface area contributed by atoms with Gasteiger partial charge in [-0.25, -0.2) is 9.37 Å². The van der Waals surface area contributed by atoms with Gasteiger partial charge in [0.2, 0.25) is 5.91 Å². The van der Waals surface area contributed by atoms with Gasteiger partial charge in [0.25, 0.3) is 0 Å². The van der Waals surface area contributed by atoms with Gasteiger partial charge in [-0.05, 0) is 42.7 Å². The third kappa shape index (κ3) is 4.42. The molecule has 1 saturated carbocycles. The van der Waals surface area contributed by atoms with Crippen LogP contribution in [0.2, 0.25) is 5.02 Å². The molecular formula is C22H20ClFN2O2. The lowest BCUT2D eigenvalue weighted by Gasteiger charge is -2.22. The van der Waals surface area contributed by atoms with Gasteiger partial charge >= 0.3 is 0 Å². The molecule has 28 heavy (non-hydrogen) atoms. The average molecular weight is 399 g/mol. The van der Waals surface area contributed by atoms with E-state index in [2.05, 4.69) is 4.98 Å². The topological polar surface area (TPSA) is 46.3 Å². The van der Waals surface area contributed by atoms with Crippen LogP contribution in [0, 0.1) is 5.82 Å². The molecular weight excluding hydrogens is 379 g/mol. The highest BCUT2D eigenvalue weighted by atomic mass is 35.5. The van der Waals surface area contributed by atoms with Gasteiger partial charge in [-0.1, -0.05) is 35.9 Å². The van der Waals surface area contributed by atoms with Crippen molar-refractivity contribution in [2.75, 3.05) is 0 Å². The monoisotopic (exact) mass is 398 g/mol. The number of benzene rings is 2. The Balaban J connectivity index is 1.40. The van der Waals surface area contributed by atoms with E-state index in [0.717, 1.165) is 24.0 Å². The number of carbonyl (C=O) groups excluding carboxylic acids is 1. The predicted molar refractivity (Wildman–Crippen MR) is 105 cm³/mol. The Morgan fingerprint density at radius 2 is 2.04 bits per heavy atom. The van der Waals surface area contributed by atoms with Gasteiger partial charge in [-0.15, -0.1) is 0 Å². The number of oxazole rings is 1. The standard InChI is InChI=1S/C22H20ClFN2O2/c23-19-7-2-1-6-18(19)20-13-25-21(28-20)10-11-22(27)26(17-8-9-17)14-15-4-3-5-16(24)12-15/h1-7,12-13,17H,8-11,14H2. The minimum Gasteiger partial charge on any atom is -0.441 e. The van der Waals surface area contributed by atoms with Gasteiger partial charge in [0.05, 0.1) is 11.2 Å². The minimum atomic E-state index is -0.285. The second kappa shape index (κ2) is 8.15. The van der Waals surface area contributed by atoms with Crippen LogP contribution < -0.4 is 0 Å². The van der Waals surface area contributed by atoms with Gasteiger partial charge in [-0.3, -0.25) is 4.79 Å². The van der Waals surface area contributed by atoms with Crippen LogP contribution >= 0.6 is 11.6 Å². The zero-order valence-corrected chi connectivity index (χ0v) is 16.0. The van der Waals surface area contributed by atoms with Crippen molar-refractivity contribution in [3.8, 4) is 11.3 Å². The minimum absolute atomic E-state index is 0.0317. The summed E-state index contributed by atoms with van der Waals surface area (Å²) in [6.45, 7) is 0.428. The first-order valence-corrected chi connectivity index (χ1v) is 9.71. The van der Waals surface area contributed by atoms with Crippen molar-refractivity contribution in [2.24, 2.45) is 0 Å². The summed E-state index contributed by atoms with van der Waals surface area (Å²) in [4.78, 5) is 18.9. The van der Waals surface area contributed by atoms with E-state index in [1.54, 1.807) is 18.3 Å². The van der Waals surface area contributed by atoms with Crippen LogP contribution in [0.25, 0.3) is 11.3 Å². The van der Waals surface area contributed by atoms with Crippen molar-refractivity contribution >= 4 is 17.5 Å². The SMILES string of the molecule is O=C(CCc1ncc(-c2ccccc2Cl)o1)N(Cc1cccc(F)c1)C1CC1. The maximum atomic E-state index is 13.4. The Kier molecular flexibility index (Phi) is 5.44. The van der Waals surface area contributed by atoms with Gasteiger partial charge in [0, 0.05) is 31.0 Å². The van der Waals surface area contributed by atoms with E-state index in [-0.39, 0.29) is 17.8 Å². The van der Waals surface area contributed by atoms with Gasteiger partial charge < -0.3 is 9.32 Å². The van der Waals surface area contributed by atoms with Gasteiger partial charge in [0.15, 0.2) is 11.7 Å². The van der Waals surface area contributed by atoms with E-state index >= 15 is 0 Å². The average Bonchev–Trinajstić information content (AvgIpc) is 3.42. The molecule has 1 heterocycles. The van der Waals surface area contributed by atoms with Crippen LogP contribution in [0.1, 0.15) is 30.7 Å². The largest absolute Gasteiger partial charge is 0.441 e. The third-order valence-electron chi connectivity index (χ3n) is 4.80.